The van der Waals surface area contributed by atoms with Crippen LogP contribution >= 0.6 is 11.6 Å². The summed E-state index contributed by atoms with van der Waals surface area (Å²) in [5, 5.41) is 4.13. The molecule has 2 aromatic heterocycles. The maximum atomic E-state index is 13.2. The van der Waals surface area contributed by atoms with E-state index in [1.165, 1.54) is 0 Å². The molecule has 0 fully saturated rings. The molecule has 0 saturated carbocycles. The number of hydrogen-bond acceptors (Lipinski definition) is 5. The quantitative estimate of drug-likeness (QED) is 0.335. The number of nitrogens with one attached hydrogen (secondary N) is 1. The highest BCUT2D eigenvalue weighted by molar-refractivity contribution is 6.30. The zero-order chi connectivity index (χ0) is 23.1. The van der Waals surface area contributed by atoms with Gasteiger partial charge in [0.15, 0.2) is 16.9 Å². The van der Waals surface area contributed by atoms with E-state index in [2.05, 4.69) is 5.32 Å². The summed E-state index contributed by atoms with van der Waals surface area (Å²) in [6.07, 6.45) is 0. The normalized spacial score (nSPS) is 11.1. The molecule has 2 heterocycles. The summed E-state index contributed by atoms with van der Waals surface area (Å²) in [6, 6.07) is 19.6. The van der Waals surface area contributed by atoms with Gasteiger partial charge >= 0.3 is 0 Å². The lowest BCUT2D eigenvalue weighted by molar-refractivity contribution is 0.0997. The Morgan fingerprint density at radius 3 is 2.39 bits per heavy atom. The van der Waals surface area contributed by atoms with Crippen molar-refractivity contribution in [2.75, 3.05) is 5.32 Å². The standard InChI is InChI=1S/C26H16ClNO5/c1-14-5-4-7-17-19(29)13-21(33-24(14)17)26(31)28-22-18-6-2-3-8-20(18)32-25(22)23(30)15-9-11-16(27)12-10-15/h2-13H,1H3,(H,28,31). The van der Waals surface area contributed by atoms with Crippen LogP contribution in [0.3, 0.4) is 0 Å². The lowest BCUT2D eigenvalue weighted by Crippen LogP contribution is -2.16. The summed E-state index contributed by atoms with van der Waals surface area (Å²) in [6.45, 7) is 1.79. The van der Waals surface area contributed by atoms with Gasteiger partial charge in [-0.05, 0) is 55.0 Å². The first-order valence-electron chi connectivity index (χ1n) is 10.1. The first-order valence-corrected chi connectivity index (χ1v) is 10.5. The van der Waals surface area contributed by atoms with Gasteiger partial charge in [0.1, 0.15) is 11.2 Å². The summed E-state index contributed by atoms with van der Waals surface area (Å²) >= 11 is 5.93. The van der Waals surface area contributed by atoms with Gasteiger partial charge in [-0.25, -0.2) is 0 Å². The van der Waals surface area contributed by atoms with Crippen molar-refractivity contribution >= 4 is 50.9 Å². The molecule has 0 aliphatic rings. The van der Waals surface area contributed by atoms with Crippen LogP contribution in [0.25, 0.3) is 21.9 Å². The summed E-state index contributed by atoms with van der Waals surface area (Å²) < 4.78 is 11.6. The first kappa shape index (κ1) is 20.7. The minimum absolute atomic E-state index is 0.0359. The van der Waals surface area contributed by atoms with E-state index in [1.54, 1.807) is 73.7 Å². The monoisotopic (exact) mass is 457 g/mol. The van der Waals surface area contributed by atoms with Gasteiger partial charge in [-0.15, -0.1) is 0 Å². The molecule has 7 heteroatoms. The number of ketones is 1. The Labute approximate surface area is 192 Å². The predicted octanol–water partition coefficient (Wildman–Crippen LogP) is 5.98. The van der Waals surface area contributed by atoms with Gasteiger partial charge in [-0.2, -0.15) is 0 Å². The molecule has 33 heavy (non-hydrogen) atoms. The number of fused-ring (bicyclic) bond motifs is 2. The number of amides is 1. The zero-order valence-corrected chi connectivity index (χ0v) is 18.1. The number of para-hydroxylation sites is 2. The number of furan rings is 1. The number of halogens is 1. The first-order chi connectivity index (χ1) is 15.9. The SMILES string of the molecule is Cc1cccc2c(=O)cc(C(=O)Nc3c(C(=O)c4ccc(Cl)cc4)oc4ccccc34)oc12. The molecule has 162 valence electrons. The molecular weight excluding hydrogens is 442 g/mol. The number of carbonyl (C=O) groups excluding carboxylic acids is 2. The van der Waals surface area contributed by atoms with E-state index in [4.69, 9.17) is 20.4 Å². The van der Waals surface area contributed by atoms with Gasteiger partial charge in [-0.1, -0.05) is 35.9 Å². The van der Waals surface area contributed by atoms with E-state index < -0.39 is 11.7 Å². The van der Waals surface area contributed by atoms with Crippen molar-refractivity contribution in [3.63, 3.8) is 0 Å². The van der Waals surface area contributed by atoms with Gasteiger partial charge in [0, 0.05) is 22.0 Å². The lowest BCUT2D eigenvalue weighted by atomic mass is 10.1. The van der Waals surface area contributed by atoms with Crippen LogP contribution in [0, 0.1) is 6.92 Å². The molecule has 0 aliphatic heterocycles. The van der Waals surface area contributed by atoms with E-state index in [1.807, 2.05) is 0 Å². The fourth-order valence-corrected chi connectivity index (χ4v) is 3.79. The van der Waals surface area contributed by atoms with Crippen LogP contribution in [0.4, 0.5) is 5.69 Å². The van der Waals surface area contributed by atoms with Gasteiger partial charge in [0.2, 0.25) is 5.78 Å². The van der Waals surface area contributed by atoms with Crippen molar-refractivity contribution in [1.29, 1.82) is 0 Å². The maximum absolute atomic E-state index is 13.2. The average Bonchev–Trinajstić information content (AvgIpc) is 3.18. The van der Waals surface area contributed by atoms with Gasteiger partial charge in [0.25, 0.3) is 5.91 Å². The van der Waals surface area contributed by atoms with Gasteiger partial charge in [-0.3, -0.25) is 14.4 Å². The third-order valence-electron chi connectivity index (χ3n) is 5.32. The fraction of sp³-hybridized carbons (Fsp3) is 0.0385. The Kier molecular flexibility index (Phi) is 5.07. The van der Waals surface area contributed by atoms with Gasteiger partial charge in [0.05, 0.1) is 11.1 Å². The molecule has 5 rings (SSSR count). The molecule has 0 saturated heterocycles. The highest BCUT2D eigenvalue weighted by Gasteiger charge is 2.25. The van der Waals surface area contributed by atoms with E-state index in [0.29, 0.717) is 32.5 Å². The van der Waals surface area contributed by atoms with E-state index >= 15 is 0 Å². The molecule has 0 spiro atoms. The molecule has 1 N–H and O–H groups in total. The van der Waals surface area contributed by atoms with Crippen molar-refractivity contribution in [1.82, 2.24) is 0 Å². The van der Waals surface area contributed by atoms with E-state index in [-0.39, 0.29) is 22.6 Å². The molecule has 0 bridgehead atoms. The number of anilines is 1. The van der Waals surface area contributed by atoms with Crippen molar-refractivity contribution < 1.29 is 18.4 Å². The molecule has 6 nitrogen and oxygen atoms in total. The number of rotatable bonds is 4. The lowest BCUT2D eigenvalue weighted by Gasteiger charge is -2.07. The molecule has 0 unspecified atom stereocenters. The second kappa shape index (κ2) is 8.07. The second-order valence-electron chi connectivity index (χ2n) is 7.52. The Balaban J connectivity index is 1.60. The zero-order valence-electron chi connectivity index (χ0n) is 17.3. The van der Waals surface area contributed by atoms with Crippen LogP contribution in [0.15, 0.2) is 86.4 Å². The van der Waals surface area contributed by atoms with Crippen LogP contribution in [-0.4, -0.2) is 11.7 Å². The fourth-order valence-electron chi connectivity index (χ4n) is 3.67. The third-order valence-corrected chi connectivity index (χ3v) is 5.57. The number of hydrogen-bond donors (Lipinski definition) is 1. The Hall–Kier alpha value is -4.16. The third kappa shape index (κ3) is 3.70. The minimum Gasteiger partial charge on any atom is -0.450 e. The van der Waals surface area contributed by atoms with E-state index in [9.17, 15) is 14.4 Å². The molecular formula is C26H16ClNO5. The number of aryl methyl sites for hydroxylation is 1. The van der Waals surface area contributed by atoms with Crippen LogP contribution in [-0.2, 0) is 0 Å². The summed E-state index contributed by atoms with van der Waals surface area (Å²) in [7, 11) is 0. The van der Waals surface area contributed by atoms with Crippen LogP contribution in [0.2, 0.25) is 5.02 Å². The number of benzene rings is 3. The maximum Gasteiger partial charge on any atom is 0.291 e. The van der Waals surface area contributed by atoms with E-state index in [0.717, 1.165) is 11.6 Å². The molecule has 5 aromatic rings. The number of carbonyl (C=O) groups is 2. The van der Waals surface area contributed by atoms with Crippen molar-refractivity contribution in [3.8, 4) is 0 Å². The Bertz CT molecular complexity index is 1610. The van der Waals surface area contributed by atoms with Gasteiger partial charge < -0.3 is 14.2 Å². The van der Waals surface area contributed by atoms with Crippen LogP contribution in [0.1, 0.15) is 32.2 Å². The van der Waals surface area contributed by atoms with Crippen LogP contribution < -0.4 is 10.7 Å². The largest absolute Gasteiger partial charge is 0.450 e. The Morgan fingerprint density at radius 2 is 1.61 bits per heavy atom. The molecule has 0 atom stereocenters. The topological polar surface area (TPSA) is 89.5 Å². The molecule has 1 amide bonds. The second-order valence-corrected chi connectivity index (χ2v) is 7.96. The summed E-state index contributed by atoms with van der Waals surface area (Å²) in [4.78, 5) is 38.8. The van der Waals surface area contributed by atoms with Crippen molar-refractivity contribution in [2.45, 2.75) is 6.92 Å². The molecule has 0 radical (unpaired) electrons. The van der Waals surface area contributed by atoms with Crippen molar-refractivity contribution in [3.05, 3.63) is 111 Å². The average molecular weight is 458 g/mol. The molecule has 0 aliphatic carbocycles. The predicted molar refractivity (Wildman–Crippen MR) is 126 cm³/mol. The van der Waals surface area contributed by atoms with Crippen LogP contribution in [0.5, 0.6) is 0 Å². The molecule has 3 aromatic carbocycles. The highest BCUT2D eigenvalue weighted by Crippen LogP contribution is 2.33. The summed E-state index contributed by atoms with van der Waals surface area (Å²) in [5.74, 6) is -1.30. The van der Waals surface area contributed by atoms with Crippen molar-refractivity contribution in [2.24, 2.45) is 0 Å². The minimum atomic E-state index is -0.672. The smallest absolute Gasteiger partial charge is 0.291 e. The highest BCUT2D eigenvalue weighted by atomic mass is 35.5. The summed E-state index contributed by atoms with van der Waals surface area (Å²) in [5.41, 5.74) is 1.71. The Morgan fingerprint density at radius 1 is 0.879 bits per heavy atom.